The van der Waals surface area contributed by atoms with E-state index in [-0.39, 0.29) is 34.4 Å². The molecular weight excluding hydrogens is 602 g/mol. The maximum absolute atomic E-state index is 14.7. The summed E-state index contributed by atoms with van der Waals surface area (Å²) in [6.07, 6.45) is 5.24. The molecule has 1 spiro atoms. The minimum absolute atomic E-state index is 0.0165. The van der Waals surface area contributed by atoms with E-state index in [4.69, 9.17) is 0 Å². The largest absolute Gasteiger partial charge is 0.394 e. The molecule has 224 valence electrons. The van der Waals surface area contributed by atoms with Crippen LogP contribution in [0.4, 0.5) is 0 Å². The average Bonchev–Trinajstić information content (AvgIpc) is 3.52. The standard InChI is InChI=1S/C32H44BrN3O4S/c1-7-15-34(16-8-2)28(38)24-25-29(39)36(22(20-37)18-21-13-11-10-12-14-21)27(32(25)19-23(33)26(24)41-32)30(40)35(17-9-3)31(4,5)6/h7,9-14,22-27,37H,1,3,8,15-20H2,2,4-6H3/t22-,23?,24+,25+,26+,27?,32?/m1/s1. The summed E-state index contributed by atoms with van der Waals surface area (Å²) >= 11 is 5.50. The molecule has 1 aromatic carbocycles. The first-order chi connectivity index (χ1) is 19.5. The normalized spacial score (nSPS) is 29.3. The van der Waals surface area contributed by atoms with Crippen molar-refractivity contribution < 1.29 is 19.5 Å². The van der Waals surface area contributed by atoms with Crippen molar-refractivity contribution in [2.75, 3.05) is 26.2 Å². The number of benzene rings is 1. The molecule has 0 radical (unpaired) electrons. The van der Waals surface area contributed by atoms with Crippen LogP contribution in [0, 0.1) is 11.8 Å². The number of aliphatic hydroxyl groups excluding tert-OH is 1. The first-order valence-corrected chi connectivity index (χ1v) is 16.4. The van der Waals surface area contributed by atoms with Crippen LogP contribution in [0.3, 0.4) is 0 Å². The number of aliphatic hydroxyl groups is 1. The highest BCUT2D eigenvalue weighted by molar-refractivity contribution is 9.09. The molecule has 3 unspecified atom stereocenters. The lowest BCUT2D eigenvalue weighted by atomic mass is 9.70. The highest BCUT2D eigenvalue weighted by Crippen LogP contribution is 2.68. The van der Waals surface area contributed by atoms with Crippen LogP contribution in [0.15, 0.2) is 55.6 Å². The van der Waals surface area contributed by atoms with Crippen molar-refractivity contribution >= 4 is 45.4 Å². The monoisotopic (exact) mass is 645 g/mol. The molecule has 0 saturated carbocycles. The van der Waals surface area contributed by atoms with E-state index < -0.39 is 34.2 Å². The van der Waals surface area contributed by atoms with Crippen LogP contribution in [-0.2, 0) is 20.8 Å². The van der Waals surface area contributed by atoms with Gasteiger partial charge in [0, 0.05) is 35.3 Å². The smallest absolute Gasteiger partial charge is 0.247 e. The molecule has 41 heavy (non-hydrogen) atoms. The van der Waals surface area contributed by atoms with E-state index in [9.17, 15) is 19.5 Å². The van der Waals surface area contributed by atoms with Crippen molar-refractivity contribution in [2.45, 2.75) is 79.4 Å². The van der Waals surface area contributed by atoms with Crippen LogP contribution in [0.1, 0.15) is 46.1 Å². The summed E-state index contributed by atoms with van der Waals surface area (Å²) in [7, 11) is 0. The molecule has 3 amide bonds. The lowest BCUT2D eigenvalue weighted by Gasteiger charge is -2.43. The van der Waals surface area contributed by atoms with Gasteiger partial charge in [0.15, 0.2) is 0 Å². The van der Waals surface area contributed by atoms with Crippen molar-refractivity contribution in [3.05, 3.63) is 61.2 Å². The third kappa shape index (κ3) is 5.66. The molecule has 1 N–H and O–H groups in total. The van der Waals surface area contributed by atoms with E-state index in [2.05, 4.69) is 29.1 Å². The topological polar surface area (TPSA) is 81.2 Å². The Labute approximate surface area is 257 Å². The van der Waals surface area contributed by atoms with Crippen LogP contribution in [0.5, 0.6) is 0 Å². The van der Waals surface area contributed by atoms with Gasteiger partial charge in [0.2, 0.25) is 17.7 Å². The van der Waals surface area contributed by atoms with E-state index in [1.807, 2.05) is 58.0 Å². The molecular formula is C32H44BrN3O4S. The molecule has 3 heterocycles. The number of thioether (sulfide) groups is 1. The maximum atomic E-state index is 14.7. The molecule has 7 nitrogen and oxygen atoms in total. The maximum Gasteiger partial charge on any atom is 0.247 e. The Balaban J connectivity index is 1.85. The number of carbonyl (C=O) groups excluding carboxylic acids is 3. The number of rotatable bonds is 12. The van der Waals surface area contributed by atoms with Gasteiger partial charge in [0.05, 0.1) is 29.2 Å². The van der Waals surface area contributed by atoms with Crippen LogP contribution in [0.25, 0.3) is 0 Å². The van der Waals surface area contributed by atoms with Gasteiger partial charge in [-0.3, -0.25) is 14.4 Å². The molecule has 9 heteroatoms. The number of halogens is 1. The van der Waals surface area contributed by atoms with Gasteiger partial charge in [0.1, 0.15) is 6.04 Å². The molecule has 0 aromatic heterocycles. The van der Waals surface area contributed by atoms with Gasteiger partial charge in [-0.15, -0.1) is 24.9 Å². The van der Waals surface area contributed by atoms with Gasteiger partial charge < -0.3 is 19.8 Å². The molecule has 0 aliphatic carbocycles. The van der Waals surface area contributed by atoms with Crippen LogP contribution in [0.2, 0.25) is 0 Å². The number of hydrogen-bond acceptors (Lipinski definition) is 5. The second kappa shape index (κ2) is 12.6. The van der Waals surface area contributed by atoms with Crippen molar-refractivity contribution in [1.82, 2.24) is 14.7 Å². The second-order valence-electron chi connectivity index (χ2n) is 12.4. The van der Waals surface area contributed by atoms with Gasteiger partial charge >= 0.3 is 0 Å². The van der Waals surface area contributed by atoms with Gasteiger partial charge in [-0.2, -0.15) is 0 Å². The van der Waals surface area contributed by atoms with E-state index >= 15 is 0 Å². The van der Waals surface area contributed by atoms with E-state index in [0.717, 1.165) is 12.0 Å². The van der Waals surface area contributed by atoms with Crippen LogP contribution < -0.4 is 0 Å². The van der Waals surface area contributed by atoms with Gasteiger partial charge in [-0.05, 0) is 45.6 Å². The Morgan fingerprint density at radius 2 is 1.85 bits per heavy atom. The molecule has 7 atom stereocenters. The predicted molar refractivity (Wildman–Crippen MR) is 169 cm³/mol. The van der Waals surface area contributed by atoms with E-state index in [0.29, 0.717) is 32.5 Å². The van der Waals surface area contributed by atoms with Crippen molar-refractivity contribution in [3.8, 4) is 0 Å². The summed E-state index contributed by atoms with van der Waals surface area (Å²) in [4.78, 5) is 48.8. The molecule has 3 fully saturated rings. The zero-order valence-electron chi connectivity index (χ0n) is 24.7. The van der Waals surface area contributed by atoms with Gasteiger partial charge in [0.25, 0.3) is 0 Å². The lowest BCUT2D eigenvalue weighted by Crippen LogP contribution is -2.61. The average molecular weight is 647 g/mol. The van der Waals surface area contributed by atoms with Crippen molar-refractivity contribution in [3.63, 3.8) is 0 Å². The number of amides is 3. The minimum Gasteiger partial charge on any atom is -0.394 e. The number of likely N-dealkylation sites (tertiary alicyclic amines) is 1. The van der Waals surface area contributed by atoms with Crippen LogP contribution >= 0.6 is 27.7 Å². The summed E-state index contributed by atoms with van der Waals surface area (Å²) in [6.45, 7) is 16.8. The first-order valence-electron chi connectivity index (χ1n) is 14.6. The van der Waals surface area contributed by atoms with Crippen LogP contribution in [-0.4, -0.2) is 96.2 Å². The highest BCUT2D eigenvalue weighted by atomic mass is 79.9. The molecule has 4 rings (SSSR count). The third-order valence-electron chi connectivity index (χ3n) is 8.71. The molecule has 2 bridgehead atoms. The fourth-order valence-corrected chi connectivity index (χ4v) is 10.6. The summed E-state index contributed by atoms with van der Waals surface area (Å²) in [5, 5.41) is 10.6. The molecule has 3 aliphatic heterocycles. The van der Waals surface area contributed by atoms with E-state index in [1.165, 1.54) is 0 Å². The Hall–Kier alpha value is -2.10. The predicted octanol–water partition coefficient (Wildman–Crippen LogP) is 4.29. The van der Waals surface area contributed by atoms with E-state index in [1.54, 1.807) is 38.6 Å². The highest BCUT2D eigenvalue weighted by Gasteiger charge is 2.76. The fourth-order valence-electron chi connectivity index (χ4n) is 7.06. The Morgan fingerprint density at radius 3 is 2.41 bits per heavy atom. The van der Waals surface area contributed by atoms with Crippen molar-refractivity contribution in [1.29, 1.82) is 0 Å². The molecule has 3 saturated heterocycles. The minimum atomic E-state index is -0.813. The molecule has 1 aromatic rings. The second-order valence-corrected chi connectivity index (χ2v) is 15.1. The zero-order chi connectivity index (χ0) is 30.1. The summed E-state index contributed by atoms with van der Waals surface area (Å²) in [6, 6.07) is 8.31. The Kier molecular flexibility index (Phi) is 9.81. The lowest BCUT2D eigenvalue weighted by molar-refractivity contribution is -0.148. The SMILES string of the molecule is C=CCN(CCC)C(=O)[C@H]1[C@H]2C(=O)N([C@@H](CO)Cc3ccccc3)C(C(=O)N(CC=C)C(C)(C)C)C23CC(Br)[C@@H]1S3. The summed E-state index contributed by atoms with van der Waals surface area (Å²) in [5.74, 6) is -1.61. The van der Waals surface area contributed by atoms with Crippen molar-refractivity contribution in [2.24, 2.45) is 11.8 Å². The zero-order valence-corrected chi connectivity index (χ0v) is 27.1. The quantitative estimate of drug-likeness (QED) is 0.271. The molecule has 3 aliphatic rings. The van der Waals surface area contributed by atoms with Gasteiger partial charge in [-0.1, -0.05) is 65.3 Å². The Morgan fingerprint density at radius 1 is 1.20 bits per heavy atom. The van der Waals surface area contributed by atoms with Gasteiger partial charge in [-0.25, -0.2) is 0 Å². The number of alkyl halides is 1. The Bertz CT molecular complexity index is 1160. The summed E-state index contributed by atoms with van der Waals surface area (Å²) in [5.41, 5.74) is 0.455. The summed E-state index contributed by atoms with van der Waals surface area (Å²) < 4.78 is -0.784. The number of nitrogens with zero attached hydrogens (tertiary/aromatic N) is 3. The third-order valence-corrected chi connectivity index (χ3v) is 11.9. The number of hydrogen-bond donors (Lipinski definition) is 1. The fraction of sp³-hybridized carbons (Fsp3) is 0.594. The number of carbonyl (C=O) groups is 3. The first kappa shape index (κ1) is 31.8. The number of fused-ring (bicyclic) bond motifs is 1.